The van der Waals surface area contributed by atoms with Gasteiger partial charge in [-0.15, -0.1) is 0 Å². The number of amides is 1. The maximum atomic E-state index is 13.7. The average Bonchev–Trinajstić information content (AvgIpc) is 2.35. The van der Waals surface area contributed by atoms with Gasteiger partial charge >= 0.3 is 0 Å². The molecule has 0 saturated carbocycles. The van der Waals surface area contributed by atoms with E-state index in [0.29, 0.717) is 0 Å². The molecule has 1 atom stereocenters. The lowest BCUT2D eigenvalue weighted by molar-refractivity contribution is -0.121. The zero-order valence-corrected chi connectivity index (χ0v) is 13.0. The molecule has 0 radical (unpaired) electrons. The quantitative estimate of drug-likeness (QED) is 0.805. The SMILES string of the molecule is CC1(C)CCCNC1C(=O)Nc1cc(F)c(Br)cc1F. The van der Waals surface area contributed by atoms with Gasteiger partial charge in [0, 0.05) is 6.07 Å². The Bertz CT molecular complexity index is 534. The number of halogens is 3. The van der Waals surface area contributed by atoms with E-state index in [4.69, 9.17) is 0 Å². The topological polar surface area (TPSA) is 41.1 Å². The first-order chi connectivity index (χ1) is 9.31. The molecule has 1 aliphatic heterocycles. The standard InChI is InChI=1S/C14H17BrF2N2O/c1-14(2)4-3-5-18-12(14)13(20)19-11-7-9(16)8(15)6-10(11)17/h6-7,12,18H,3-5H2,1-2H3,(H,19,20). The van der Waals surface area contributed by atoms with Crippen molar-refractivity contribution < 1.29 is 13.6 Å². The van der Waals surface area contributed by atoms with Crippen molar-refractivity contribution in [3.8, 4) is 0 Å². The zero-order chi connectivity index (χ0) is 14.9. The second kappa shape index (κ2) is 5.77. The molecule has 6 heteroatoms. The van der Waals surface area contributed by atoms with Gasteiger partial charge in [0.05, 0.1) is 16.2 Å². The molecule has 1 saturated heterocycles. The third-order valence-electron chi connectivity index (χ3n) is 3.66. The molecule has 0 spiro atoms. The molecule has 0 aromatic heterocycles. The molecule has 2 N–H and O–H groups in total. The number of anilines is 1. The molecule has 110 valence electrons. The van der Waals surface area contributed by atoms with Crippen molar-refractivity contribution in [3.63, 3.8) is 0 Å². The van der Waals surface area contributed by atoms with E-state index in [1.807, 2.05) is 13.8 Å². The van der Waals surface area contributed by atoms with Crippen LogP contribution >= 0.6 is 15.9 Å². The van der Waals surface area contributed by atoms with Crippen molar-refractivity contribution >= 4 is 27.5 Å². The van der Waals surface area contributed by atoms with Crippen LogP contribution in [0.1, 0.15) is 26.7 Å². The van der Waals surface area contributed by atoms with Crippen molar-refractivity contribution in [1.82, 2.24) is 5.32 Å². The molecule has 0 bridgehead atoms. The molecule has 1 aromatic rings. The Morgan fingerprint density at radius 3 is 2.75 bits per heavy atom. The lowest BCUT2D eigenvalue weighted by Gasteiger charge is -2.38. The summed E-state index contributed by atoms with van der Waals surface area (Å²) in [5, 5.41) is 5.60. The minimum absolute atomic E-state index is 0.0316. The van der Waals surface area contributed by atoms with Crippen molar-refractivity contribution in [2.45, 2.75) is 32.7 Å². The summed E-state index contributed by atoms with van der Waals surface area (Å²) in [4.78, 5) is 12.3. The maximum absolute atomic E-state index is 13.7. The number of hydrogen-bond donors (Lipinski definition) is 2. The van der Waals surface area contributed by atoms with Gasteiger partial charge in [0.25, 0.3) is 0 Å². The van der Waals surface area contributed by atoms with E-state index in [1.54, 1.807) is 0 Å². The van der Waals surface area contributed by atoms with E-state index in [-0.39, 0.29) is 21.5 Å². The van der Waals surface area contributed by atoms with Crippen LogP contribution in [0.3, 0.4) is 0 Å². The van der Waals surface area contributed by atoms with Crippen LogP contribution in [0, 0.1) is 17.0 Å². The van der Waals surface area contributed by atoms with E-state index < -0.39 is 17.7 Å². The minimum atomic E-state index is -0.666. The summed E-state index contributed by atoms with van der Waals surface area (Å²) in [7, 11) is 0. The Morgan fingerprint density at radius 1 is 1.40 bits per heavy atom. The molecule has 1 fully saturated rings. The third kappa shape index (κ3) is 3.17. The number of piperidine rings is 1. The van der Waals surface area contributed by atoms with Gasteiger partial charge in [-0.05, 0) is 46.8 Å². The fourth-order valence-electron chi connectivity index (χ4n) is 2.48. The molecule has 20 heavy (non-hydrogen) atoms. The maximum Gasteiger partial charge on any atom is 0.242 e. The summed E-state index contributed by atoms with van der Waals surface area (Å²) in [6.45, 7) is 4.72. The highest BCUT2D eigenvalue weighted by molar-refractivity contribution is 9.10. The number of hydrogen-bond acceptors (Lipinski definition) is 2. The van der Waals surface area contributed by atoms with Crippen LogP contribution in [0.5, 0.6) is 0 Å². The van der Waals surface area contributed by atoms with Gasteiger partial charge in [-0.25, -0.2) is 8.78 Å². The minimum Gasteiger partial charge on any atom is -0.322 e. The first-order valence-corrected chi connectivity index (χ1v) is 7.29. The second-order valence-electron chi connectivity index (χ2n) is 5.71. The van der Waals surface area contributed by atoms with Crippen LogP contribution < -0.4 is 10.6 Å². The molecular weight excluding hydrogens is 330 g/mol. The van der Waals surface area contributed by atoms with Gasteiger partial charge < -0.3 is 10.6 Å². The van der Waals surface area contributed by atoms with Gasteiger partial charge in [-0.1, -0.05) is 13.8 Å². The first-order valence-electron chi connectivity index (χ1n) is 6.50. The summed E-state index contributed by atoms with van der Waals surface area (Å²) < 4.78 is 27.2. The van der Waals surface area contributed by atoms with E-state index in [9.17, 15) is 13.6 Å². The fourth-order valence-corrected chi connectivity index (χ4v) is 2.80. The lowest BCUT2D eigenvalue weighted by Crippen LogP contribution is -2.53. The summed E-state index contributed by atoms with van der Waals surface area (Å²) >= 11 is 2.90. The normalized spacial score (nSPS) is 21.6. The number of carbonyl (C=O) groups excluding carboxylic acids is 1. The Balaban J connectivity index is 2.17. The van der Waals surface area contributed by atoms with E-state index >= 15 is 0 Å². The van der Waals surface area contributed by atoms with Crippen molar-refractivity contribution in [1.29, 1.82) is 0 Å². The summed E-state index contributed by atoms with van der Waals surface area (Å²) in [5.41, 5.74) is -0.355. The lowest BCUT2D eigenvalue weighted by atomic mass is 9.77. The second-order valence-corrected chi connectivity index (χ2v) is 6.57. The Kier molecular flexibility index (Phi) is 4.44. The molecule has 1 heterocycles. The molecule has 1 aromatic carbocycles. The molecular formula is C14H17BrF2N2O. The molecule has 1 unspecified atom stereocenters. The summed E-state index contributed by atoms with van der Waals surface area (Å²) in [6, 6.07) is 1.57. The van der Waals surface area contributed by atoms with Gasteiger partial charge in [0.2, 0.25) is 5.91 Å². The number of rotatable bonds is 2. The van der Waals surface area contributed by atoms with E-state index in [1.165, 1.54) is 0 Å². The molecule has 1 amide bonds. The van der Waals surface area contributed by atoms with Crippen LogP contribution in [0.15, 0.2) is 16.6 Å². The highest BCUT2D eigenvalue weighted by Gasteiger charge is 2.37. The molecule has 1 aliphatic rings. The van der Waals surface area contributed by atoms with Crippen LogP contribution in [0.4, 0.5) is 14.5 Å². The summed E-state index contributed by atoms with van der Waals surface area (Å²) in [5.74, 6) is -1.62. The summed E-state index contributed by atoms with van der Waals surface area (Å²) in [6.07, 6.45) is 1.91. The van der Waals surface area contributed by atoms with Gasteiger partial charge in [0.15, 0.2) is 0 Å². The zero-order valence-electron chi connectivity index (χ0n) is 11.4. The van der Waals surface area contributed by atoms with Crippen molar-refractivity contribution in [2.75, 3.05) is 11.9 Å². The van der Waals surface area contributed by atoms with Crippen molar-refractivity contribution in [3.05, 3.63) is 28.2 Å². The van der Waals surface area contributed by atoms with Crippen LogP contribution in [0.25, 0.3) is 0 Å². The Labute approximate surface area is 125 Å². The monoisotopic (exact) mass is 346 g/mol. The van der Waals surface area contributed by atoms with Crippen LogP contribution in [-0.4, -0.2) is 18.5 Å². The number of carbonyl (C=O) groups is 1. The number of benzene rings is 1. The first kappa shape index (κ1) is 15.4. The van der Waals surface area contributed by atoms with Gasteiger partial charge in [0.1, 0.15) is 11.6 Å². The van der Waals surface area contributed by atoms with Crippen LogP contribution in [0.2, 0.25) is 0 Å². The largest absolute Gasteiger partial charge is 0.322 e. The van der Waals surface area contributed by atoms with E-state index in [2.05, 4.69) is 26.6 Å². The fraction of sp³-hybridized carbons (Fsp3) is 0.500. The predicted octanol–water partition coefficient (Wildman–Crippen LogP) is 3.44. The third-order valence-corrected chi connectivity index (χ3v) is 4.27. The molecule has 0 aliphatic carbocycles. The molecule has 2 rings (SSSR count). The number of nitrogens with one attached hydrogen (secondary N) is 2. The van der Waals surface area contributed by atoms with E-state index in [0.717, 1.165) is 31.5 Å². The van der Waals surface area contributed by atoms with Gasteiger partial charge in [-0.3, -0.25) is 4.79 Å². The highest BCUT2D eigenvalue weighted by Crippen LogP contribution is 2.31. The van der Waals surface area contributed by atoms with Crippen LogP contribution in [-0.2, 0) is 4.79 Å². The van der Waals surface area contributed by atoms with Crippen molar-refractivity contribution in [2.24, 2.45) is 5.41 Å². The Morgan fingerprint density at radius 2 is 2.10 bits per heavy atom. The smallest absolute Gasteiger partial charge is 0.242 e. The van der Waals surface area contributed by atoms with Gasteiger partial charge in [-0.2, -0.15) is 0 Å². The average molecular weight is 347 g/mol. The Hall–Kier alpha value is -1.01. The highest BCUT2D eigenvalue weighted by atomic mass is 79.9. The molecule has 3 nitrogen and oxygen atoms in total. The predicted molar refractivity (Wildman–Crippen MR) is 77.5 cm³/mol.